The van der Waals surface area contributed by atoms with Crippen molar-refractivity contribution in [2.24, 2.45) is 0 Å². The van der Waals surface area contributed by atoms with Crippen molar-refractivity contribution in [3.63, 3.8) is 0 Å². The summed E-state index contributed by atoms with van der Waals surface area (Å²) in [5, 5.41) is 2.79. The van der Waals surface area contributed by atoms with Crippen LogP contribution < -0.4 is 19.5 Å². The lowest BCUT2D eigenvalue weighted by atomic mass is 10.0. The van der Waals surface area contributed by atoms with E-state index in [0.29, 0.717) is 28.5 Å². The molecule has 1 amide bonds. The Labute approximate surface area is 192 Å². The molecule has 0 aliphatic carbocycles. The van der Waals surface area contributed by atoms with Crippen LogP contribution in [0, 0.1) is 0 Å². The molecule has 1 N–H and O–H groups in total. The summed E-state index contributed by atoms with van der Waals surface area (Å²) in [7, 11) is 4.54. The Kier molecular flexibility index (Phi) is 8.07. The van der Waals surface area contributed by atoms with E-state index in [-0.39, 0.29) is 0 Å². The van der Waals surface area contributed by atoms with Crippen LogP contribution in [0.1, 0.15) is 5.56 Å². The molecule has 0 fully saturated rings. The molecule has 0 saturated heterocycles. The molecule has 0 aromatic heterocycles. The van der Waals surface area contributed by atoms with Gasteiger partial charge in [-0.25, -0.2) is 4.79 Å². The van der Waals surface area contributed by atoms with Crippen molar-refractivity contribution in [3.05, 3.63) is 78.4 Å². The first kappa shape index (κ1) is 23.4. The molecule has 0 aliphatic heterocycles. The third-order valence-corrected chi connectivity index (χ3v) is 4.77. The Morgan fingerprint density at radius 3 is 2.15 bits per heavy atom. The Hall–Kier alpha value is -4.26. The van der Waals surface area contributed by atoms with Gasteiger partial charge in [-0.05, 0) is 23.8 Å². The molecule has 0 radical (unpaired) electrons. The molecule has 0 spiro atoms. The summed E-state index contributed by atoms with van der Waals surface area (Å²) < 4.78 is 20.9. The monoisotopic (exact) mass is 447 g/mol. The first-order chi connectivity index (χ1) is 16.0. The van der Waals surface area contributed by atoms with Crippen LogP contribution in [0.25, 0.3) is 17.2 Å². The molecule has 0 atom stereocenters. The number of rotatable bonds is 9. The van der Waals surface area contributed by atoms with Gasteiger partial charge in [0.1, 0.15) is 5.75 Å². The van der Waals surface area contributed by atoms with E-state index in [1.165, 1.54) is 33.5 Å². The molecule has 7 nitrogen and oxygen atoms in total. The summed E-state index contributed by atoms with van der Waals surface area (Å²) in [4.78, 5) is 24.5. The molecular weight excluding hydrogens is 422 g/mol. The van der Waals surface area contributed by atoms with Gasteiger partial charge >= 0.3 is 5.97 Å². The van der Waals surface area contributed by atoms with Crippen LogP contribution in [0.2, 0.25) is 0 Å². The summed E-state index contributed by atoms with van der Waals surface area (Å²) in [6.07, 6.45) is 2.74. The number of esters is 1. The Morgan fingerprint density at radius 1 is 0.818 bits per heavy atom. The molecular formula is C26H25NO6. The third kappa shape index (κ3) is 6.13. The number of benzene rings is 3. The maximum atomic E-state index is 12.4. The molecule has 0 aliphatic rings. The quantitative estimate of drug-likeness (QED) is 0.382. The van der Waals surface area contributed by atoms with Gasteiger partial charge in [-0.15, -0.1) is 0 Å². The molecule has 3 aromatic carbocycles. The zero-order valence-corrected chi connectivity index (χ0v) is 18.7. The lowest BCUT2D eigenvalue weighted by Crippen LogP contribution is -2.20. The largest absolute Gasteiger partial charge is 0.496 e. The van der Waals surface area contributed by atoms with Gasteiger partial charge in [0, 0.05) is 29.0 Å². The first-order valence-electron chi connectivity index (χ1n) is 10.1. The highest BCUT2D eigenvalue weighted by Gasteiger charge is 2.12. The van der Waals surface area contributed by atoms with Gasteiger partial charge in [-0.1, -0.05) is 48.5 Å². The van der Waals surface area contributed by atoms with Crippen LogP contribution in [0.4, 0.5) is 5.69 Å². The summed E-state index contributed by atoms with van der Waals surface area (Å²) >= 11 is 0. The molecule has 33 heavy (non-hydrogen) atoms. The van der Waals surface area contributed by atoms with Gasteiger partial charge < -0.3 is 24.3 Å². The Bertz CT molecular complexity index is 1140. The lowest BCUT2D eigenvalue weighted by molar-refractivity contribution is -0.142. The van der Waals surface area contributed by atoms with E-state index in [9.17, 15) is 9.59 Å². The van der Waals surface area contributed by atoms with Crippen molar-refractivity contribution >= 4 is 23.6 Å². The number of anilines is 1. The summed E-state index contributed by atoms with van der Waals surface area (Å²) in [5.74, 6) is 0.374. The average Bonchev–Trinajstić information content (AvgIpc) is 2.86. The Morgan fingerprint density at radius 2 is 1.45 bits per heavy atom. The number of hydrogen-bond donors (Lipinski definition) is 1. The smallest absolute Gasteiger partial charge is 0.331 e. The molecule has 3 aromatic rings. The van der Waals surface area contributed by atoms with E-state index in [4.69, 9.17) is 18.9 Å². The van der Waals surface area contributed by atoms with E-state index in [1.54, 1.807) is 18.2 Å². The normalized spacial score (nSPS) is 10.5. The second kappa shape index (κ2) is 11.4. The van der Waals surface area contributed by atoms with Gasteiger partial charge in [-0.2, -0.15) is 0 Å². The zero-order chi connectivity index (χ0) is 23.6. The molecule has 7 heteroatoms. The van der Waals surface area contributed by atoms with E-state index in [1.807, 2.05) is 48.5 Å². The van der Waals surface area contributed by atoms with Gasteiger partial charge in [-0.3, -0.25) is 4.79 Å². The fourth-order valence-corrected chi connectivity index (χ4v) is 3.17. The molecule has 170 valence electrons. The molecule has 3 rings (SSSR count). The molecule has 0 heterocycles. The topological polar surface area (TPSA) is 83.1 Å². The summed E-state index contributed by atoms with van der Waals surface area (Å²) in [6, 6.07) is 20.5. The molecule has 0 bridgehead atoms. The maximum Gasteiger partial charge on any atom is 0.331 e. The number of hydrogen-bond acceptors (Lipinski definition) is 6. The summed E-state index contributed by atoms with van der Waals surface area (Å²) in [6.45, 7) is -0.421. The Balaban J connectivity index is 1.62. The molecule has 0 unspecified atom stereocenters. The minimum Gasteiger partial charge on any atom is -0.496 e. The van der Waals surface area contributed by atoms with Crippen molar-refractivity contribution in [1.82, 2.24) is 0 Å². The number of ether oxygens (including phenoxy) is 4. The van der Waals surface area contributed by atoms with Gasteiger partial charge in [0.2, 0.25) is 0 Å². The zero-order valence-electron chi connectivity index (χ0n) is 18.7. The van der Waals surface area contributed by atoms with Gasteiger partial charge in [0.05, 0.1) is 21.3 Å². The lowest BCUT2D eigenvalue weighted by Gasteiger charge is -2.12. The first-order valence-corrected chi connectivity index (χ1v) is 10.1. The van der Waals surface area contributed by atoms with Gasteiger partial charge in [0.15, 0.2) is 18.1 Å². The van der Waals surface area contributed by atoms with Crippen molar-refractivity contribution < 1.29 is 28.5 Å². The maximum absolute atomic E-state index is 12.4. The minimum absolute atomic E-state index is 0.421. The second-order valence-electron chi connectivity index (χ2n) is 6.85. The minimum atomic E-state index is -0.668. The van der Waals surface area contributed by atoms with Crippen LogP contribution in [0.5, 0.6) is 17.2 Å². The second-order valence-corrected chi connectivity index (χ2v) is 6.85. The SMILES string of the molecule is COc1cc(OC)c(OC)cc1/C=C/C(=O)OCC(=O)Nc1ccccc1-c1ccccc1. The van der Waals surface area contributed by atoms with Crippen LogP contribution in [-0.4, -0.2) is 39.8 Å². The number of carbonyl (C=O) groups excluding carboxylic acids is 2. The van der Waals surface area contributed by atoms with E-state index in [0.717, 1.165) is 11.1 Å². The van der Waals surface area contributed by atoms with Crippen molar-refractivity contribution in [2.45, 2.75) is 0 Å². The molecule has 0 saturated carbocycles. The van der Waals surface area contributed by atoms with Crippen LogP contribution in [0.15, 0.2) is 72.8 Å². The van der Waals surface area contributed by atoms with E-state index < -0.39 is 18.5 Å². The number of methoxy groups -OCH3 is 3. The van der Waals surface area contributed by atoms with Crippen LogP contribution in [0.3, 0.4) is 0 Å². The predicted molar refractivity (Wildman–Crippen MR) is 127 cm³/mol. The van der Waals surface area contributed by atoms with Crippen molar-refractivity contribution in [1.29, 1.82) is 0 Å². The number of carbonyl (C=O) groups is 2. The van der Waals surface area contributed by atoms with Crippen molar-refractivity contribution in [3.8, 4) is 28.4 Å². The van der Waals surface area contributed by atoms with E-state index in [2.05, 4.69) is 5.32 Å². The highest BCUT2D eigenvalue weighted by Crippen LogP contribution is 2.35. The third-order valence-electron chi connectivity index (χ3n) is 4.77. The summed E-state index contributed by atoms with van der Waals surface area (Å²) in [5.41, 5.74) is 3.07. The fraction of sp³-hybridized carbons (Fsp3) is 0.154. The van der Waals surface area contributed by atoms with Gasteiger partial charge in [0.25, 0.3) is 5.91 Å². The number of para-hydroxylation sites is 1. The fourth-order valence-electron chi connectivity index (χ4n) is 3.17. The van der Waals surface area contributed by atoms with Crippen molar-refractivity contribution in [2.75, 3.05) is 33.3 Å². The van der Waals surface area contributed by atoms with Crippen LogP contribution in [-0.2, 0) is 14.3 Å². The highest BCUT2D eigenvalue weighted by molar-refractivity contribution is 5.97. The average molecular weight is 447 g/mol. The predicted octanol–water partition coefficient (Wildman–Crippen LogP) is 4.57. The van der Waals surface area contributed by atoms with Crippen LogP contribution >= 0.6 is 0 Å². The number of amides is 1. The van der Waals surface area contributed by atoms with E-state index >= 15 is 0 Å². The standard InChI is InChI=1S/C26H25NO6/c1-30-22-16-24(32-3)23(31-2)15-19(22)13-14-26(29)33-17-25(28)27-21-12-8-7-11-20(21)18-9-5-4-6-10-18/h4-16H,17H2,1-3H3,(H,27,28)/b14-13+. The number of nitrogens with one attached hydrogen (secondary N) is 1. The highest BCUT2D eigenvalue weighted by atomic mass is 16.5.